The number of carbonyl (C=O) groups is 1. The Balaban J connectivity index is 1.97. The first kappa shape index (κ1) is 14.7. The van der Waals surface area contributed by atoms with Crippen molar-refractivity contribution in [2.75, 3.05) is 18.4 Å². The van der Waals surface area contributed by atoms with E-state index in [-0.39, 0.29) is 12.5 Å². The fourth-order valence-electron chi connectivity index (χ4n) is 2.62. The molecule has 0 amide bonds. The van der Waals surface area contributed by atoms with Crippen LogP contribution in [0.25, 0.3) is 0 Å². The summed E-state index contributed by atoms with van der Waals surface area (Å²) in [4.78, 5) is 21.7. The van der Waals surface area contributed by atoms with Crippen molar-refractivity contribution >= 4 is 11.9 Å². The Morgan fingerprint density at radius 1 is 1.45 bits per heavy atom. The van der Waals surface area contributed by atoms with Gasteiger partial charge in [-0.2, -0.15) is 0 Å². The van der Waals surface area contributed by atoms with E-state index in [2.05, 4.69) is 20.2 Å². The highest BCUT2D eigenvalue weighted by molar-refractivity contribution is 5.67. The van der Waals surface area contributed by atoms with Gasteiger partial charge in [0, 0.05) is 37.1 Å². The van der Waals surface area contributed by atoms with Gasteiger partial charge in [0.15, 0.2) is 0 Å². The van der Waals surface area contributed by atoms with Crippen LogP contribution in [0.3, 0.4) is 0 Å². The second kappa shape index (κ2) is 7.19. The molecule has 110 valence electrons. The van der Waals surface area contributed by atoms with Gasteiger partial charge in [-0.1, -0.05) is 6.42 Å². The molecule has 1 atom stereocenters. The molecular formula is C14H22N4O2. The van der Waals surface area contributed by atoms with E-state index in [1.54, 1.807) is 0 Å². The highest BCUT2D eigenvalue weighted by Crippen LogP contribution is 2.21. The maximum atomic E-state index is 10.9. The van der Waals surface area contributed by atoms with Crippen LogP contribution in [0.2, 0.25) is 0 Å². The Morgan fingerprint density at radius 2 is 2.20 bits per heavy atom. The van der Waals surface area contributed by atoms with Crippen LogP contribution in [0.15, 0.2) is 12.4 Å². The van der Waals surface area contributed by atoms with Crippen molar-refractivity contribution in [3.8, 4) is 0 Å². The van der Waals surface area contributed by atoms with E-state index in [1.807, 2.05) is 19.3 Å². The summed E-state index contributed by atoms with van der Waals surface area (Å²) in [6.07, 6.45) is 7.06. The van der Waals surface area contributed by atoms with Crippen molar-refractivity contribution in [3.05, 3.63) is 18.0 Å². The number of carboxylic acids is 1. The largest absolute Gasteiger partial charge is 0.481 e. The molecule has 2 rings (SSSR count). The van der Waals surface area contributed by atoms with Crippen LogP contribution in [-0.4, -0.2) is 45.1 Å². The highest BCUT2D eigenvalue weighted by Gasteiger charge is 2.24. The standard InChI is InChI=1S/C14H22N4O2/c1-2-15-14-16-8-11(9-17-14)10-18-6-4-3-5-12(18)7-13(19)20/h8-9,12H,2-7,10H2,1H3,(H,19,20)(H,15,16,17)/t12-/m1/s1. The number of anilines is 1. The summed E-state index contributed by atoms with van der Waals surface area (Å²) in [6.45, 7) is 4.48. The zero-order valence-corrected chi connectivity index (χ0v) is 11.9. The molecule has 2 heterocycles. The summed E-state index contributed by atoms with van der Waals surface area (Å²) >= 11 is 0. The number of likely N-dealkylation sites (tertiary alicyclic amines) is 1. The van der Waals surface area contributed by atoms with Crippen LogP contribution < -0.4 is 5.32 Å². The molecule has 1 aromatic rings. The van der Waals surface area contributed by atoms with E-state index < -0.39 is 5.97 Å². The first-order valence-corrected chi connectivity index (χ1v) is 7.19. The summed E-state index contributed by atoms with van der Waals surface area (Å²) in [6, 6.07) is 0.134. The van der Waals surface area contributed by atoms with Crippen molar-refractivity contribution in [1.82, 2.24) is 14.9 Å². The van der Waals surface area contributed by atoms with Gasteiger partial charge in [0.2, 0.25) is 5.95 Å². The Labute approximate surface area is 119 Å². The van der Waals surface area contributed by atoms with Crippen LogP contribution >= 0.6 is 0 Å². The normalized spacial score (nSPS) is 19.8. The minimum Gasteiger partial charge on any atom is -0.481 e. The monoisotopic (exact) mass is 278 g/mol. The Morgan fingerprint density at radius 3 is 2.85 bits per heavy atom. The lowest BCUT2D eigenvalue weighted by atomic mass is 9.99. The number of nitrogens with zero attached hydrogens (tertiary/aromatic N) is 3. The fraction of sp³-hybridized carbons (Fsp3) is 0.643. The van der Waals surface area contributed by atoms with Gasteiger partial charge in [0.1, 0.15) is 0 Å². The number of aromatic nitrogens is 2. The molecule has 0 radical (unpaired) electrons. The van der Waals surface area contributed by atoms with Crippen LogP contribution in [0.1, 0.15) is 38.2 Å². The average molecular weight is 278 g/mol. The molecule has 1 saturated heterocycles. The molecule has 0 unspecified atom stereocenters. The number of hydrogen-bond acceptors (Lipinski definition) is 5. The lowest BCUT2D eigenvalue weighted by molar-refractivity contribution is -0.138. The average Bonchev–Trinajstić information content (AvgIpc) is 2.43. The Hall–Kier alpha value is -1.69. The smallest absolute Gasteiger partial charge is 0.304 e. The predicted molar refractivity (Wildman–Crippen MR) is 76.5 cm³/mol. The molecule has 6 heteroatoms. The molecule has 0 bridgehead atoms. The summed E-state index contributed by atoms with van der Waals surface area (Å²) in [5.74, 6) is -0.0855. The first-order chi connectivity index (χ1) is 9.69. The summed E-state index contributed by atoms with van der Waals surface area (Å²) in [7, 11) is 0. The topological polar surface area (TPSA) is 78.4 Å². The molecule has 2 N–H and O–H groups in total. The lowest BCUT2D eigenvalue weighted by Crippen LogP contribution is -2.40. The zero-order chi connectivity index (χ0) is 14.4. The van der Waals surface area contributed by atoms with E-state index in [0.29, 0.717) is 5.95 Å². The van der Waals surface area contributed by atoms with E-state index in [1.165, 1.54) is 0 Å². The highest BCUT2D eigenvalue weighted by atomic mass is 16.4. The molecule has 1 aliphatic rings. The molecular weight excluding hydrogens is 256 g/mol. The van der Waals surface area contributed by atoms with Gasteiger partial charge in [0.25, 0.3) is 0 Å². The number of rotatable bonds is 6. The molecule has 0 aromatic carbocycles. The van der Waals surface area contributed by atoms with Gasteiger partial charge in [-0.05, 0) is 26.3 Å². The van der Waals surface area contributed by atoms with Crippen LogP contribution in [-0.2, 0) is 11.3 Å². The van der Waals surface area contributed by atoms with Gasteiger partial charge < -0.3 is 10.4 Å². The minimum absolute atomic E-state index is 0.134. The summed E-state index contributed by atoms with van der Waals surface area (Å²) in [5.41, 5.74) is 1.03. The van der Waals surface area contributed by atoms with Crippen molar-refractivity contribution in [2.24, 2.45) is 0 Å². The number of nitrogens with one attached hydrogen (secondary N) is 1. The Kier molecular flexibility index (Phi) is 5.29. The molecule has 1 aromatic heterocycles. The van der Waals surface area contributed by atoms with Crippen LogP contribution in [0.5, 0.6) is 0 Å². The molecule has 1 aliphatic heterocycles. The minimum atomic E-state index is -0.722. The van der Waals surface area contributed by atoms with E-state index in [0.717, 1.165) is 44.5 Å². The van der Waals surface area contributed by atoms with Crippen LogP contribution in [0.4, 0.5) is 5.95 Å². The third-order valence-corrected chi connectivity index (χ3v) is 3.59. The third kappa shape index (κ3) is 4.16. The van der Waals surface area contributed by atoms with Gasteiger partial charge in [-0.15, -0.1) is 0 Å². The first-order valence-electron chi connectivity index (χ1n) is 7.19. The fourth-order valence-corrected chi connectivity index (χ4v) is 2.62. The molecule has 0 saturated carbocycles. The zero-order valence-electron chi connectivity index (χ0n) is 11.9. The maximum absolute atomic E-state index is 10.9. The van der Waals surface area contributed by atoms with Gasteiger partial charge in [-0.3, -0.25) is 9.69 Å². The second-order valence-corrected chi connectivity index (χ2v) is 5.16. The van der Waals surface area contributed by atoms with Crippen molar-refractivity contribution < 1.29 is 9.90 Å². The van der Waals surface area contributed by atoms with E-state index in [9.17, 15) is 4.79 Å². The number of hydrogen-bond donors (Lipinski definition) is 2. The molecule has 20 heavy (non-hydrogen) atoms. The lowest BCUT2D eigenvalue weighted by Gasteiger charge is -2.34. The quantitative estimate of drug-likeness (QED) is 0.825. The molecule has 6 nitrogen and oxygen atoms in total. The SMILES string of the molecule is CCNc1ncc(CN2CCCC[C@@H]2CC(=O)O)cn1. The number of piperidine rings is 1. The van der Waals surface area contributed by atoms with Crippen molar-refractivity contribution in [1.29, 1.82) is 0 Å². The number of carboxylic acid groups (broad SMARTS) is 1. The van der Waals surface area contributed by atoms with E-state index >= 15 is 0 Å². The molecule has 1 fully saturated rings. The van der Waals surface area contributed by atoms with Gasteiger partial charge in [0.05, 0.1) is 6.42 Å². The van der Waals surface area contributed by atoms with Crippen molar-refractivity contribution in [2.45, 2.75) is 45.2 Å². The molecule has 0 spiro atoms. The predicted octanol–water partition coefficient (Wildman–Crippen LogP) is 1.74. The summed E-state index contributed by atoms with van der Waals surface area (Å²) < 4.78 is 0. The van der Waals surface area contributed by atoms with Gasteiger partial charge in [-0.25, -0.2) is 9.97 Å². The number of aliphatic carboxylic acids is 1. The molecule has 0 aliphatic carbocycles. The summed E-state index contributed by atoms with van der Waals surface area (Å²) in [5, 5.41) is 12.0. The van der Waals surface area contributed by atoms with Crippen molar-refractivity contribution in [3.63, 3.8) is 0 Å². The maximum Gasteiger partial charge on any atom is 0.304 e. The third-order valence-electron chi connectivity index (χ3n) is 3.59. The second-order valence-electron chi connectivity index (χ2n) is 5.16. The van der Waals surface area contributed by atoms with Crippen LogP contribution in [0, 0.1) is 0 Å². The van der Waals surface area contributed by atoms with Gasteiger partial charge >= 0.3 is 5.97 Å². The van der Waals surface area contributed by atoms with E-state index in [4.69, 9.17) is 5.11 Å². The Bertz CT molecular complexity index is 435.